The highest BCUT2D eigenvalue weighted by Gasteiger charge is 2.35. The molecule has 0 saturated heterocycles. The van der Waals surface area contributed by atoms with Gasteiger partial charge in [0, 0.05) is 27.6 Å². The molecule has 2 atom stereocenters. The zero-order chi connectivity index (χ0) is 15.9. The smallest absolute Gasteiger partial charge is 0.255 e. The van der Waals surface area contributed by atoms with Gasteiger partial charge in [0.2, 0.25) is 0 Å². The van der Waals surface area contributed by atoms with Crippen molar-refractivity contribution in [2.75, 3.05) is 0 Å². The lowest BCUT2D eigenvalue weighted by atomic mass is 9.75. The number of aryl methyl sites for hydroxylation is 2. The van der Waals surface area contributed by atoms with Crippen LogP contribution >= 0.6 is 23.2 Å². The fraction of sp³-hybridized carbons (Fsp3) is 0.353. The Morgan fingerprint density at radius 1 is 1.27 bits per heavy atom. The second-order valence-corrected chi connectivity index (χ2v) is 6.62. The Kier molecular flexibility index (Phi) is 4.20. The molecule has 0 aliphatic heterocycles. The molecular formula is C17H17Cl2NO2. The lowest BCUT2D eigenvalue weighted by molar-refractivity contribution is 0.0902. The standard InChI is InChI=1S/C17H17Cl2NO2/c1-9-8-22-10(2)16(9)17(21)20-15-6-5-13(15)12-4-3-11(18)7-14(12)19/h3-4,7-8,13,15H,5-6H2,1-2H3,(H,20,21)/t13-,15-/m0/s1. The van der Waals surface area contributed by atoms with Crippen LogP contribution in [0.4, 0.5) is 0 Å². The predicted octanol–water partition coefficient (Wildman–Crippen LogP) is 4.88. The van der Waals surface area contributed by atoms with Crippen molar-refractivity contribution in [1.82, 2.24) is 5.32 Å². The van der Waals surface area contributed by atoms with Gasteiger partial charge in [-0.05, 0) is 44.4 Å². The Balaban J connectivity index is 1.75. The highest BCUT2D eigenvalue weighted by Crippen LogP contribution is 2.41. The van der Waals surface area contributed by atoms with Gasteiger partial charge in [-0.2, -0.15) is 0 Å². The van der Waals surface area contributed by atoms with Gasteiger partial charge >= 0.3 is 0 Å². The van der Waals surface area contributed by atoms with Gasteiger partial charge in [-0.15, -0.1) is 0 Å². The van der Waals surface area contributed by atoms with E-state index in [0.717, 1.165) is 24.0 Å². The number of amides is 1. The summed E-state index contributed by atoms with van der Waals surface area (Å²) < 4.78 is 5.30. The van der Waals surface area contributed by atoms with E-state index in [4.69, 9.17) is 27.6 Å². The summed E-state index contributed by atoms with van der Waals surface area (Å²) in [6.45, 7) is 3.68. The first-order valence-electron chi connectivity index (χ1n) is 7.28. The molecule has 3 nitrogen and oxygen atoms in total. The fourth-order valence-corrected chi connectivity index (χ4v) is 3.55. The summed E-state index contributed by atoms with van der Waals surface area (Å²) in [6.07, 6.45) is 3.57. The Morgan fingerprint density at radius 3 is 2.59 bits per heavy atom. The summed E-state index contributed by atoms with van der Waals surface area (Å²) in [4.78, 5) is 12.4. The van der Waals surface area contributed by atoms with Crippen LogP contribution in [-0.2, 0) is 0 Å². The summed E-state index contributed by atoms with van der Waals surface area (Å²) in [5.41, 5.74) is 2.53. The van der Waals surface area contributed by atoms with Gasteiger partial charge in [-0.25, -0.2) is 0 Å². The van der Waals surface area contributed by atoms with Crippen LogP contribution in [0.1, 0.15) is 46.0 Å². The Bertz CT molecular complexity index is 704. The lowest BCUT2D eigenvalue weighted by Crippen LogP contribution is -2.45. The third kappa shape index (κ3) is 2.75. The van der Waals surface area contributed by atoms with E-state index in [9.17, 15) is 4.79 Å². The summed E-state index contributed by atoms with van der Waals surface area (Å²) in [7, 11) is 0. The van der Waals surface area contributed by atoms with E-state index in [2.05, 4.69) is 5.32 Å². The van der Waals surface area contributed by atoms with Crippen molar-refractivity contribution < 1.29 is 9.21 Å². The van der Waals surface area contributed by atoms with Gasteiger partial charge in [-0.1, -0.05) is 29.3 Å². The molecular weight excluding hydrogens is 321 g/mol. The molecule has 1 amide bonds. The quantitative estimate of drug-likeness (QED) is 0.867. The van der Waals surface area contributed by atoms with Gasteiger partial charge < -0.3 is 9.73 Å². The van der Waals surface area contributed by atoms with E-state index in [0.29, 0.717) is 21.4 Å². The van der Waals surface area contributed by atoms with Crippen LogP contribution < -0.4 is 5.32 Å². The van der Waals surface area contributed by atoms with Crippen LogP contribution in [-0.4, -0.2) is 11.9 Å². The number of halogens is 2. The lowest BCUT2D eigenvalue weighted by Gasteiger charge is -2.38. The zero-order valence-electron chi connectivity index (χ0n) is 12.5. The van der Waals surface area contributed by atoms with Gasteiger partial charge in [0.15, 0.2) is 0 Å². The van der Waals surface area contributed by atoms with E-state index >= 15 is 0 Å². The van der Waals surface area contributed by atoms with Crippen molar-refractivity contribution in [2.24, 2.45) is 0 Å². The van der Waals surface area contributed by atoms with Gasteiger partial charge in [-0.3, -0.25) is 4.79 Å². The number of carbonyl (C=O) groups is 1. The summed E-state index contributed by atoms with van der Waals surface area (Å²) in [5.74, 6) is 0.806. The number of hydrogen-bond donors (Lipinski definition) is 1. The van der Waals surface area contributed by atoms with Crippen LogP contribution in [0.25, 0.3) is 0 Å². The average molecular weight is 338 g/mol. The molecule has 2 aromatic rings. The topological polar surface area (TPSA) is 42.2 Å². The van der Waals surface area contributed by atoms with Crippen LogP contribution in [0.5, 0.6) is 0 Å². The van der Waals surface area contributed by atoms with Gasteiger partial charge in [0.1, 0.15) is 5.76 Å². The molecule has 0 radical (unpaired) electrons. The molecule has 1 fully saturated rings. The van der Waals surface area contributed by atoms with Crippen molar-refractivity contribution in [1.29, 1.82) is 0 Å². The van der Waals surface area contributed by atoms with Crippen molar-refractivity contribution in [3.63, 3.8) is 0 Å². The number of nitrogens with one attached hydrogen (secondary N) is 1. The molecule has 0 unspecified atom stereocenters. The van der Waals surface area contributed by atoms with Gasteiger partial charge in [0.05, 0.1) is 11.8 Å². The molecule has 1 aromatic carbocycles. The molecule has 22 heavy (non-hydrogen) atoms. The number of rotatable bonds is 3. The molecule has 1 aromatic heterocycles. The second kappa shape index (κ2) is 5.98. The average Bonchev–Trinajstić information content (AvgIpc) is 2.77. The molecule has 0 spiro atoms. The first-order valence-corrected chi connectivity index (χ1v) is 8.03. The Hall–Kier alpha value is -1.45. The van der Waals surface area contributed by atoms with E-state index in [1.165, 1.54) is 0 Å². The first kappa shape index (κ1) is 15.4. The molecule has 1 N–H and O–H groups in total. The maximum atomic E-state index is 12.4. The minimum absolute atomic E-state index is 0.0801. The number of benzene rings is 1. The molecule has 0 bridgehead atoms. The largest absolute Gasteiger partial charge is 0.469 e. The number of carbonyl (C=O) groups excluding carboxylic acids is 1. The van der Waals surface area contributed by atoms with Crippen LogP contribution in [0.15, 0.2) is 28.9 Å². The normalized spacial score (nSPS) is 20.5. The van der Waals surface area contributed by atoms with Gasteiger partial charge in [0.25, 0.3) is 5.91 Å². The Labute approximate surface area is 139 Å². The third-order valence-electron chi connectivity index (χ3n) is 4.34. The monoisotopic (exact) mass is 337 g/mol. The van der Waals surface area contributed by atoms with Crippen molar-refractivity contribution in [3.8, 4) is 0 Å². The summed E-state index contributed by atoms with van der Waals surface area (Å²) >= 11 is 12.2. The van der Waals surface area contributed by atoms with Crippen molar-refractivity contribution >= 4 is 29.1 Å². The molecule has 1 aliphatic rings. The van der Waals surface area contributed by atoms with Crippen LogP contribution in [0.3, 0.4) is 0 Å². The van der Waals surface area contributed by atoms with Crippen LogP contribution in [0.2, 0.25) is 10.0 Å². The predicted molar refractivity (Wildman–Crippen MR) is 87.9 cm³/mol. The highest BCUT2D eigenvalue weighted by atomic mass is 35.5. The molecule has 116 valence electrons. The molecule has 1 saturated carbocycles. The molecule has 5 heteroatoms. The van der Waals surface area contributed by atoms with E-state index in [1.54, 1.807) is 19.3 Å². The molecule has 1 aliphatic carbocycles. The highest BCUT2D eigenvalue weighted by molar-refractivity contribution is 6.35. The SMILES string of the molecule is Cc1coc(C)c1C(=O)N[C@H]1CC[C@H]1c1ccc(Cl)cc1Cl. The minimum Gasteiger partial charge on any atom is -0.469 e. The van der Waals surface area contributed by atoms with E-state index in [-0.39, 0.29) is 17.9 Å². The second-order valence-electron chi connectivity index (χ2n) is 5.78. The molecule has 1 heterocycles. The van der Waals surface area contributed by atoms with Crippen LogP contribution in [0, 0.1) is 13.8 Å². The minimum atomic E-state index is -0.0801. The fourth-order valence-electron chi connectivity index (χ4n) is 3.00. The number of furan rings is 1. The Morgan fingerprint density at radius 2 is 2.05 bits per heavy atom. The third-order valence-corrected chi connectivity index (χ3v) is 4.90. The van der Waals surface area contributed by atoms with Crippen molar-refractivity contribution in [2.45, 2.75) is 38.6 Å². The van der Waals surface area contributed by atoms with E-state index < -0.39 is 0 Å². The number of hydrogen-bond acceptors (Lipinski definition) is 2. The van der Waals surface area contributed by atoms with E-state index in [1.807, 2.05) is 19.1 Å². The van der Waals surface area contributed by atoms with Crippen molar-refractivity contribution in [3.05, 3.63) is 57.0 Å². The maximum Gasteiger partial charge on any atom is 0.255 e. The first-order chi connectivity index (χ1) is 10.5. The maximum absolute atomic E-state index is 12.4. The zero-order valence-corrected chi connectivity index (χ0v) is 14.0. The summed E-state index contributed by atoms with van der Waals surface area (Å²) in [5, 5.41) is 4.38. The summed E-state index contributed by atoms with van der Waals surface area (Å²) in [6, 6.07) is 5.63. The molecule has 3 rings (SSSR count).